The highest BCUT2D eigenvalue weighted by molar-refractivity contribution is 6.04. The van der Waals surface area contributed by atoms with Crippen LogP contribution in [0.15, 0.2) is 73.1 Å². The fourth-order valence-electron chi connectivity index (χ4n) is 2.25. The lowest BCUT2D eigenvalue weighted by Crippen LogP contribution is -2.11. The molecule has 0 fully saturated rings. The molecular formula is C19H15N3O4. The number of nitro groups is 1. The third kappa shape index (κ3) is 4.41. The standard InChI is InChI=1S/C19H15N3O4/c23-19(15-6-8-17(9-7-15)22(24)25)21-16-4-1-5-18(11-16)26-13-14-3-2-10-20-12-14/h1-12H,13H2,(H,21,23). The number of nitro benzene ring substituents is 1. The van der Waals surface area contributed by atoms with Crippen LogP contribution in [0.3, 0.4) is 0 Å². The van der Waals surface area contributed by atoms with E-state index in [2.05, 4.69) is 10.3 Å². The summed E-state index contributed by atoms with van der Waals surface area (Å²) in [6.07, 6.45) is 3.41. The summed E-state index contributed by atoms with van der Waals surface area (Å²) >= 11 is 0. The Labute approximate surface area is 149 Å². The summed E-state index contributed by atoms with van der Waals surface area (Å²) in [4.78, 5) is 26.4. The van der Waals surface area contributed by atoms with Gasteiger partial charge in [0.15, 0.2) is 0 Å². The van der Waals surface area contributed by atoms with Crippen molar-refractivity contribution in [2.45, 2.75) is 6.61 Å². The first-order valence-corrected chi connectivity index (χ1v) is 7.79. The molecule has 1 aromatic heterocycles. The van der Waals surface area contributed by atoms with E-state index in [0.29, 0.717) is 23.6 Å². The number of benzene rings is 2. The smallest absolute Gasteiger partial charge is 0.269 e. The van der Waals surface area contributed by atoms with Gasteiger partial charge in [-0.25, -0.2) is 0 Å². The average Bonchev–Trinajstić information content (AvgIpc) is 2.67. The molecule has 0 aliphatic rings. The van der Waals surface area contributed by atoms with Crippen molar-refractivity contribution in [2.75, 3.05) is 5.32 Å². The van der Waals surface area contributed by atoms with Crippen LogP contribution in [-0.4, -0.2) is 15.8 Å². The Balaban J connectivity index is 1.64. The van der Waals surface area contributed by atoms with Gasteiger partial charge in [-0.3, -0.25) is 19.9 Å². The van der Waals surface area contributed by atoms with E-state index in [1.165, 1.54) is 24.3 Å². The second kappa shape index (κ2) is 7.89. The van der Waals surface area contributed by atoms with Crippen LogP contribution in [0.5, 0.6) is 5.75 Å². The number of nitrogens with one attached hydrogen (secondary N) is 1. The van der Waals surface area contributed by atoms with Crippen LogP contribution < -0.4 is 10.1 Å². The van der Waals surface area contributed by atoms with Gasteiger partial charge < -0.3 is 10.1 Å². The number of carbonyl (C=O) groups excluding carboxylic acids is 1. The Hall–Kier alpha value is -3.74. The van der Waals surface area contributed by atoms with Gasteiger partial charge >= 0.3 is 0 Å². The summed E-state index contributed by atoms with van der Waals surface area (Å²) in [7, 11) is 0. The minimum Gasteiger partial charge on any atom is -0.489 e. The lowest BCUT2D eigenvalue weighted by molar-refractivity contribution is -0.384. The summed E-state index contributed by atoms with van der Waals surface area (Å²) in [6.45, 7) is 0.369. The molecule has 0 aliphatic carbocycles. The number of ether oxygens (including phenoxy) is 1. The molecule has 3 aromatic rings. The fraction of sp³-hybridized carbons (Fsp3) is 0.0526. The number of carbonyl (C=O) groups is 1. The summed E-state index contributed by atoms with van der Waals surface area (Å²) in [5, 5.41) is 13.4. The van der Waals surface area contributed by atoms with Crippen molar-refractivity contribution in [1.82, 2.24) is 4.98 Å². The van der Waals surface area contributed by atoms with E-state index < -0.39 is 4.92 Å². The number of non-ortho nitro benzene ring substituents is 1. The second-order valence-electron chi connectivity index (χ2n) is 5.44. The Morgan fingerprint density at radius 2 is 1.92 bits per heavy atom. The van der Waals surface area contributed by atoms with Crippen LogP contribution in [0, 0.1) is 10.1 Å². The van der Waals surface area contributed by atoms with E-state index in [-0.39, 0.29) is 11.6 Å². The maximum atomic E-state index is 12.3. The molecule has 0 saturated heterocycles. The van der Waals surface area contributed by atoms with Crippen LogP contribution in [-0.2, 0) is 6.61 Å². The van der Waals surface area contributed by atoms with E-state index in [9.17, 15) is 14.9 Å². The molecule has 1 N–H and O–H groups in total. The zero-order chi connectivity index (χ0) is 18.4. The number of aromatic nitrogens is 1. The number of amides is 1. The Morgan fingerprint density at radius 3 is 2.62 bits per heavy atom. The maximum absolute atomic E-state index is 12.3. The average molecular weight is 349 g/mol. The van der Waals surface area contributed by atoms with E-state index >= 15 is 0 Å². The van der Waals surface area contributed by atoms with Crippen molar-refractivity contribution in [3.63, 3.8) is 0 Å². The summed E-state index contributed by atoms with van der Waals surface area (Å²) in [6, 6.07) is 16.2. The first-order valence-electron chi connectivity index (χ1n) is 7.79. The quantitative estimate of drug-likeness (QED) is 0.539. The first-order chi connectivity index (χ1) is 12.6. The van der Waals surface area contributed by atoms with Crippen molar-refractivity contribution in [3.8, 4) is 5.75 Å². The van der Waals surface area contributed by atoms with Crippen LogP contribution in [0.4, 0.5) is 11.4 Å². The third-order valence-corrected chi connectivity index (χ3v) is 3.56. The molecule has 0 bridgehead atoms. The van der Waals surface area contributed by atoms with E-state index in [0.717, 1.165) is 5.56 Å². The molecule has 130 valence electrons. The molecule has 7 nitrogen and oxygen atoms in total. The Morgan fingerprint density at radius 1 is 1.12 bits per heavy atom. The predicted molar refractivity (Wildman–Crippen MR) is 96.1 cm³/mol. The molecule has 0 saturated carbocycles. The third-order valence-electron chi connectivity index (χ3n) is 3.56. The summed E-state index contributed by atoms with van der Waals surface area (Å²) < 4.78 is 5.70. The highest BCUT2D eigenvalue weighted by Gasteiger charge is 2.10. The van der Waals surface area contributed by atoms with E-state index in [4.69, 9.17) is 4.74 Å². The number of rotatable bonds is 6. The normalized spacial score (nSPS) is 10.2. The molecule has 0 atom stereocenters. The second-order valence-corrected chi connectivity index (χ2v) is 5.44. The van der Waals surface area contributed by atoms with Crippen molar-refractivity contribution in [3.05, 3.63) is 94.3 Å². The van der Waals surface area contributed by atoms with Gasteiger partial charge in [0.1, 0.15) is 12.4 Å². The lowest BCUT2D eigenvalue weighted by atomic mass is 10.2. The maximum Gasteiger partial charge on any atom is 0.269 e. The first kappa shape index (κ1) is 17.1. The molecular weight excluding hydrogens is 334 g/mol. The largest absolute Gasteiger partial charge is 0.489 e. The summed E-state index contributed by atoms with van der Waals surface area (Å²) in [5.74, 6) is 0.250. The molecule has 0 aliphatic heterocycles. The van der Waals surface area contributed by atoms with Gasteiger partial charge in [-0.2, -0.15) is 0 Å². The van der Waals surface area contributed by atoms with Gasteiger partial charge in [-0.05, 0) is 30.3 Å². The molecule has 26 heavy (non-hydrogen) atoms. The number of pyridine rings is 1. The number of anilines is 1. The summed E-state index contributed by atoms with van der Waals surface area (Å²) in [5.41, 5.74) is 1.77. The van der Waals surface area contributed by atoms with Crippen molar-refractivity contribution < 1.29 is 14.5 Å². The van der Waals surface area contributed by atoms with E-state index in [1.807, 2.05) is 12.1 Å². The highest BCUT2D eigenvalue weighted by atomic mass is 16.6. The lowest BCUT2D eigenvalue weighted by Gasteiger charge is -2.09. The zero-order valence-electron chi connectivity index (χ0n) is 13.7. The van der Waals surface area contributed by atoms with E-state index in [1.54, 1.807) is 36.7 Å². The molecule has 3 rings (SSSR count). The number of hydrogen-bond donors (Lipinski definition) is 1. The van der Waals surface area contributed by atoms with Gasteiger partial charge in [-0.1, -0.05) is 12.1 Å². The molecule has 0 unspecified atom stereocenters. The number of nitrogens with zero attached hydrogens (tertiary/aromatic N) is 2. The Kier molecular flexibility index (Phi) is 5.19. The topological polar surface area (TPSA) is 94.4 Å². The minimum absolute atomic E-state index is 0.0626. The van der Waals surface area contributed by atoms with Gasteiger partial charge in [0.05, 0.1) is 4.92 Å². The SMILES string of the molecule is O=C(Nc1cccc(OCc2cccnc2)c1)c1ccc([N+](=O)[O-])cc1. The fourth-order valence-corrected chi connectivity index (χ4v) is 2.25. The van der Waals surface area contributed by atoms with Gasteiger partial charge in [0.25, 0.3) is 11.6 Å². The molecule has 2 aromatic carbocycles. The minimum atomic E-state index is -0.509. The monoisotopic (exact) mass is 349 g/mol. The van der Waals surface area contributed by atoms with Crippen LogP contribution in [0.25, 0.3) is 0 Å². The molecule has 1 amide bonds. The van der Waals surface area contributed by atoms with Crippen LogP contribution in [0.1, 0.15) is 15.9 Å². The molecule has 1 heterocycles. The highest BCUT2D eigenvalue weighted by Crippen LogP contribution is 2.20. The molecule has 0 radical (unpaired) electrons. The van der Waals surface area contributed by atoms with Crippen molar-refractivity contribution in [2.24, 2.45) is 0 Å². The van der Waals surface area contributed by atoms with Crippen LogP contribution in [0.2, 0.25) is 0 Å². The zero-order valence-corrected chi connectivity index (χ0v) is 13.7. The van der Waals surface area contributed by atoms with Crippen molar-refractivity contribution >= 4 is 17.3 Å². The molecule has 0 spiro atoms. The van der Waals surface area contributed by atoms with Crippen LogP contribution >= 0.6 is 0 Å². The van der Waals surface area contributed by atoms with Crippen molar-refractivity contribution in [1.29, 1.82) is 0 Å². The molecule has 7 heteroatoms. The predicted octanol–water partition coefficient (Wildman–Crippen LogP) is 3.82. The Bertz CT molecular complexity index is 912. The van der Waals surface area contributed by atoms with Gasteiger partial charge in [0.2, 0.25) is 0 Å². The van der Waals surface area contributed by atoms with Gasteiger partial charge in [-0.15, -0.1) is 0 Å². The number of hydrogen-bond acceptors (Lipinski definition) is 5. The van der Waals surface area contributed by atoms with Gasteiger partial charge in [0, 0.05) is 47.4 Å².